The number of fused-ring (bicyclic) bond motifs is 1. The Morgan fingerprint density at radius 1 is 1.17 bits per heavy atom. The van der Waals surface area contributed by atoms with Crippen molar-refractivity contribution in [2.75, 3.05) is 11.9 Å². The Morgan fingerprint density at radius 2 is 1.91 bits per heavy atom. The van der Waals surface area contributed by atoms with Crippen LogP contribution in [0.5, 0.6) is 0 Å². The van der Waals surface area contributed by atoms with Crippen molar-refractivity contribution in [1.29, 1.82) is 5.26 Å². The van der Waals surface area contributed by atoms with E-state index in [4.69, 9.17) is 5.26 Å². The normalized spacial score (nSPS) is 20.8. The van der Waals surface area contributed by atoms with Crippen molar-refractivity contribution < 1.29 is 16.4 Å². The first-order valence-electron chi connectivity index (χ1n) is 12.3. The number of anilines is 1. The molecule has 2 aliphatic rings. The highest BCUT2D eigenvalue weighted by atomic mass is 32.2. The number of rotatable bonds is 7. The highest BCUT2D eigenvalue weighted by molar-refractivity contribution is 7.89. The van der Waals surface area contributed by atoms with Crippen LogP contribution in [0.4, 0.5) is 5.69 Å². The van der Waals surface area contributed by atoms with Gasteiger partial charge in [0.05, 0.1) is 17.0 Å². The molecule has 2 aliphatic carbocycles. The molecular weight excluding hydrogens is 462 g/mol. The second-order valence-corrected chi connectivity index (χ2v) is 11.1. The lowest BCUT2D eigenvalue weighted by Gasteiger charge is -2.20. The van der Waals surface area contributed by atoms with E-state index in [2.05, 4.69) is 20.3 Å². The van der Waals surface area contributed by atoms with Crippen LogP contribution in [0.1, 0.15) is 64.6 Å². The average Bonchev–Trinajstić information content (AvgIpc) is 3.17. The van der Waals surface area contributed by atoms with E-state index in [1.54, 1.807) is 24.3 Å². The number of nitriles is 1. The summed E-state index contributed by atoms with van der Waals surface area (Å²) < 4.78 is 28.7. The van der Waals surface area contributed by atoms with Gasteiger partial charge in [0, 0.05) is 21.5 Å². The SMILES string of the molecule is CCc1ccc(S(=O)(=O)N[C@@H]2c3cc(NC(=NCC4CCCCC4)NC#N)ccc3C[C@H]2O)cc1.[HH].[HH]. The molecular formula is C26H37N5O3S. The lowest BCUT2D eigenvalue weighted by atomic mass is 9.89. The van der Waals surface area contributed by atoms with Gasteiger partial charge in [0.15, 0.2) is 6.19 Å². The molecule has 9 heteroatoms. The standard InChI is InChI=1S/C26H33N5O3S.2H2/c1-2-18-8-12-22(13-9-18)35(33,34)31-25-23-15-21(11-10-20(23)14-24(25)32)30-26(29-17-27)28-16-19-6-4-3-5-7-19;;/h8-13,15,19,24-25,31-32H,2-7,14,16H2,1H3,(H2,28,29,30);2*1H/t24-,25-;;/m1../s1. The Hall–Kier alpha value is -2.93. The second-order valence-electron chi connectivity index (χ2n) is 9.34. The Kier molecular flexibility index (Phi) is 8.06. The lowest BCUT2D eigenvalue weighted by molar-refractivity contribution is 0.151. The zero-order valence-corrected chi connectivity index (χ0v) is 20.8. The smallest absolute Gasteiger partial charge is 0.241 e. The van der Waals surface area contributed by atoms with E-state index in [1.807, 2.05) is 31.3 Å². The number of hydrogen-bond acceptors (Lipinski definition) is 5. The first-order chi connectivity index (χ1) is 16.9. The summed E-state index contributed by atoms with van der Waals surface area (Å²) in [6, 6.07) is 11.5. The average molecular weight is 500 g/mol. The van der Waals surface area contributed by atoms with Crippen LogP contribution in [0.3, 0.4) is 0 Å². The molecule has 2 aromatic rings. The zero-order chi connectivity index (χ0) is 24.8. The number of sulfonamides is 1. The summed E-state index contributed by atoms with van der Waals surface area (Å²) in [5.74, 6) is 0.895. The maximum atomic E-state index is 13.0. The maximum Gasteiger partial charge on any atom is 0.241 e. The van der Waals surface area contributed by atoms with Crippen molar-refractivity contribution in [2.24, 2.45) is 10.9 Å². The maximum absolute atomic E-state index is 13.0. The van der Waals surface area contributed by atoms with E-state index in [0.717, 1.165) is 30.4 Å². The number of aliphatic hydroxyl groups excluding tert-OH is 1. The number of nitrogens with zero attached hydrogens (tertiary/aromatic N) is 2. The Bertz CT molecular complexity index is 1210. The summed E-state index contributed by atoms with van der Waals surface area (Å²) >= 11 is 0. The first-order valence-corrected chi connectivity index (χ1v) is 13.8. The van der Waals surface area contributed by atoms with Crippen molar-refractivity contribution in [2.45, 2.75) is 68.9 Å². The molecule has 0 unspecified atom stereocenters. The van der Waals surface area contributed by atoms with Crippen LogP contribution in [0.25, 0.3) is 0 Å². The summed E-state index contributed by atoms with van der Waals surface area (Å²) in [5.41, 5.74) is 3.31. The van der Waals surface area contributed by atoms with Gasteiger partial charge in [-0.15, -0.1) is 0 Å². The topological polar surface area (TPSA) is 127 Å². The molecule has 0 spiro atoms. The van der Waals surface area contributed by atoms with Gasteiger partial charge in [0.1, 0.15) is 0 Å². The van der Waals surface area contributed by atoms with Gasteiger partial charge in [0.25, 0.3) is 0 Å². The minimum Gasteiger partial charge on any atom is -0.391 e. The van der Waals surface area contributed by atoms with E-state index in [0.29, 0.717) is 36.1 Å². The van der Waals surface area contributed by atoms with Crippen LogP contribution >= 0.6 is 0 Å². The fourth-order valence-corrected chi connectivity index (χ4v) is 6.12. The molecule has 0 amide bonds. The molecule has 190 valence electrons. The van der Waals surface area contributed by atoms with Crippen LogP contribution in [-0.4, -0.2) is 32.1 Å². The number of benzene rings is 2. The largest absolute Gasteiger partial charge is 0.391 e. The molecule has 1 fully saturated rings. The number of aryl methyl sites for hydroxylation is 1. The van der Waals surface area contributed by atoms with E-state index in [1.165, 1.54) is 19.3 Å². The highest BCUT2D eigenvalue weighted by Gasteiger charge is 2.34. The van der Waals surface area contributed by atoms with Crippen LogP contribution in [0, 0.1) is 17.4 Å². The predicted molar refractivity (Wildman–Crippen MR) is 141 cm³/mol. The van der Waals surface area contributed by atoms with Crippen molar-refractivity contribution in [1.82, 2.24) is 10.0 Å². The number of aliphatic imine (C=N–C) groups is 1. The van der Waals surface area contributed by atoms with E-state index >= 15 is 0 Å². The Balaban J connectivity index is 0.00000241. The minimum absolute atomic E-state index is 0. The van der Waals surface area contributed by atoms with Gasteiger partial charge < -0.3 is 10.4 Å². The highest BCUT2D eigenvalue weighted by Crippen LogP contribution is 2.35. The monoisotopic (exact) mass is 499 g/mol. The third-order valence-electron chi connectivity index (χ3n) is 6.89. The third kappa shape index (κ3) is 6.20. The van der Waals surface area contributed by atoms with Gasteiger partial charge in [-0.2, -0.15) is 5.26 Å². The lowest BCUT2D eigenvalue weighted by Crippen LogP contribution is -2.34. The summed E-state index contributed by atoms with van der Waals surface area (Å²) in [4.78, 5) is 4.75. The van der Waals surface area contributed by atoms with Gasteiger partial charge in [-0.1, -0.05) is 44.4 Å². The quantitative estimate of drug-likeness (QED) is 0.197. The number of hydrogen-bond donors (Lipinski definition) is 4. The molecule has 2 atom stereocenters. The van der Waals surface area contributed by atoms with Crippen LogP contribution in [0.2, 0.25) is 0 Å². The molecule has 4 N–H and O–H groups in total. The molecule has 0 aliphatic heterocycles. The zero-order valence-electron chi connectivity index (χ0n) is 20.0. The van der Waals surface area contributed by atoms with Gasteiger partial charge >= 0.3 is 0 Å². The first kappa shape index (κ1) is 25.2. The fraction of sp³-hybridized carbons (Fsp3) is 0.462. The van der Waals surface area contributed by atoms with E-state index < -0.39 is 22.2 Å². The summed E-state index contributed by atoms with van der Waals surface area (Å²) in [6.45, 7) is 2.66. The van der Waals surface area contributed by atoms with Crippen LogP contribution in [-0.2, 0) is 22.9 Å². The van der Waals surface area contributed by atoms with E-state index in [9.17, 15) is 13.5 Å². The minimum atomic E-state index is -3.82. The second kappa shape index (κ2) is 11.2. The van der Waals surface area contributed by atoms with Crippen molar-refractivity contribution in [3.05, 3.63) is 59.2 Å². The van der Waals surface area contributed by atoms with Gasteiger partial charge in [-0.3, -0.25) is 10.3 Å². The molecule has 35 heavy (non-hydrogen) atoms. The van der Waals surface area contributed by atoms with Crippen molar-refractivity contribution >= 4 is 21.7 Å². The third-order valence-corrected chi connectivity index (χ3v) is 8.35. The predicted octanol–water partition coefficient (Wildman–Crippen LogP) is 4.10. The summed E-state index contributed by atoms with van der Waals surface area (Å²) in [5, 5.41) is 25.6. The number of aliphatic hydroxyl groups is 1. The van der Waals surface area contributed by atoms with Crippen molar-refractivity contribution in [3.63, 3.8) is 0 Å². The molecule has 8 nitrogen and oxygen atoms in total. The molecule has 0 radical (unpaired) electrons. The molecule has 0 bridgehead atoms. The summed E-state index contributed by atoms with van der Waals surface area (Å²) in [7, 11) is -3.82. The molecule has 4 rings (SSSR count). The van der Waals surface area contributed by atoms with Gasteiger partial charge in [0.2, 0.25) is 16.0 Å². The number of guanidine groups is 1. The molecule has 0 heterocycles. The molecule has 2 aromatic carbocycles. The van der Waals surface area contributed by atoms with Gasteiger partial charge in [-0.25, -0.2) is 13.1 Å². The Labute approximate surface area is 210 Å². The Morgan fingerprint density at radius 3 is 2.60 bits per heavy atom. The fourth-order valence-electron chi connectivity index (χ4n) is 4.87. The molecule has 0 aromatic heterocycles. The van der Waals surface area contributed by atoms with Gasteiger partial charge in [-0.05, 0) is 66.1 Å². The molecule has 0 saturated heterocycles. The van der Waals surface area contributed by atoms with Crippen LogP contribution < -0.4 is 15.4 Å². The van der Waals surface area contributed by atoms with Crippen molar-refractivity contribution in [3.8, 4) is 6.19 Å². The molecule has 1 saturated carbocycles. The van der Waals surface area contributed by atoms with Crippen LogP contribution in [0.15, 0.2) is 52.4 Å². The summed E-state index contributed by atoms with van der Waals surface area (Å²) in [6.07, 6.45) is 8.27. The van der Waals surface area contributed by atoms with E-state index in [-0.39, 0.29) is 7.75 Å². The number of nitrogens with one attached hydrogen (secondary N) is 3.